The fraction of sp³-hybridized carbons (Fsp3) is 0.500. The van der Waals surface area contributed by atoms with Crippen LogP contribution < -0.4 is 27.4 Å². The largest absolute Gasteiger partial charge is 0.480 e. The first-order valence-electron chi connectivity index (χ1n) is 8.87. The van der Waals surface area contributed by atoms with E-state index in [1.54, 1.807) is 0 Å². The third kappa shape index (κ3) is 8.48. The van der Waals surface area contributed by atoms with E-state index in [1.165, 1.54) is 12.5 Å². The van der Waals surface area contributed by atoms with E-state index in [-0.39, 0.29) is 31.6 Å². The number of thiol groups is 1. The predicted octanol–water partition coefficient (Wildman–Crippen LogP) is -3.35. The summed E-state index contributed by atoms with van der Waals surface area (Å²) in [5, 5.41) is 16.4. The van der Waals surface area contributed by atoms with Gasteiger partial charge in [-0.05, 0) is 6.42 Å². The highest BCUT2D eigenvalue weighted by Gasteiger charge is 2.29. The molecule has 4 amide bonds. The topological polar surface area (TPSA) is 222 Å². The Hall–Kier alpha value is -3.13. The highest BCUT2D eigenvalue weighted by Crippen LogP contribution is 2.04. The molecule has 3 atom stereocenters. The number of hydrogen-bond acceptors (Lipinski definition) is 8. The molecule has 0 fully saturated rings. The Morgan fingerprint density at radius 1 is 1.10 bits per heavy atom. The van der Waals surface area contributed by atoms with Gasteiger partial charge in [-0.2, -0.15) is 12.6 Å². The minimum absolute atomic E-state index is 0.0800. The van der Waals surface area contributed by atoms with Crippen LogP contribution >= 0.6 is 12.6 Å². The third-order valence-electron chi connectivity index (χ3n) is 3.93. The monoisotopic (exact) mass is 443 g/mol. The zero-order valence-electron chi connectivity index (χ0n) is 16.0. The van der Waals surface area contributed by atoms with Crippen LogP contribution in [0.3, 0.4) is 0 Å². The summed E-state index contributed by atoms with van der Waals surface area (Å²) >= 11 is 3.98. The summed E-state index contributed by atoms with van der Waals surface area (Å²) in [6.07, 6.45) is 2.28. The Bertz CT molecular complexity index is 757. The molecule has 0 aliphatic rings. The van der Waals surface area contributed by atoms with Crippen molar-refractivity contribution in [3.8, 4) is 0 Å². The summed E-state index contributed by atoms with van der Waals surface area (Å²) in [4.78, 5) is 65.6. The molecule has 30 heavy (non-hydrogen) atoms. The number of nitrogens with one attached hydrogen (secondary N) is 4. The highest BCUT2D eigenvalue weighted by atomic mass is 32.1. The van der Waals surface area contributed by atoms with Gasteiger partial charge in [0.05, 0.1) is 12.9 Å². The molecule has 1 rings (SSSR count). The van der Waals surface area contributed by atoms with Crippen LogP contribution in [-0.2, 0) is 30.4 Å². The fourth-order valence-electron chi connectivity index (χ4n) is 2.36. The van der Waals surface area contributed by atoms with Crippen molar-refractivity contribution >= 4 is 42.2 Å². The molecular formula is C16H25N7O6S. The number of imidazole rings is 1. The van der Waals surface area contributed by atoms with Crippen molar-refractivity contribution < 1.29 is 29.1 Å². The minimum Gasteiger partial charge on any atom is -0.480 e. The maximum absolute atomic E-state index is 12.6. The number of carboxylic acids is 1. The van der Waals surface area contributed by atoms with Crippen LogP contribution in [0.5, 0.6) is 0 Å². The molecule has 1 aromatic rings. The number of aromatic amines is 1. The van der Waals surface area contributed by atoms with Crippen molar-refractivity contribution in [2.45, 2.75) is 37.4 Å². The summed E-state index contributed by atoms with van der Waals surface area (Å²) in [5.41, 5.74) is 10.8. The molecule has 3 unspecified atom stereocenters. The molecule has 1 aromatic heterocycles. The number of rotatable bonds is 13. The van der Waals surface area contributed by atoms with Gasteiger partial charge in [-0.25, -0.2) is 9.78 Å². The van der Waals surface area contributed by atoms with Gasteiger partial charge in [0, 0.05) is 30.5 Å². The van der Waals surface area contributed by atoms with Crippen LogP contribution in [-0.4, -0.2) is 75.1 Å². The number of aromatic nitrogens is 2. The Kier molecular flexibility index (Phi) is 10.3. The first-order valence-corrected chi connectivity index (χ1v) is 9.50. The number of H-pyrrole nitrogens is 1. The number of primary amides is 1. The second-order valence-corrected chi connectivity index (χ2v) is 6.62. The minimum atomic E-state index is -1.32. The molecule has 166 valence electrons. The van der Waals surface area contributed by atoms with Gasteiger partial charge in [-0.1, -0.05) is 0 Å². The van der Waals surface area contributed by atoms with E-state index in [2.05, 4.69) is 38.5 Å². The molecule has 0 aliphatic carbocycles. The predicted molar refractivity (Wildman–Crippen MR) is 107 cm³/mol. The molecule has 0 aliphatic heterocycles. The lowest BCUT2D eigenvalue weighted by Crippen LogP contribution is -2.57. The Balaban J connectivity index is 2.89. The first-order chi connectivity index (χ1) is 14.2. The number of aliphatic carboxylic acids is 1. The molecule has 0 spiro atoms. The van der Waals surface area contributed by atoms with Crippen molar-refractivity contribution in [1.29, 1.82) is 0 Å². The summed E-state index contributed by atoms with van der Waals surface area (Å²) in [6.45, 7) is -0.350. The van der Waals surface area contributed by atoms with Gasteiger partial charge in [0.1, 0.15) is 18.1 Å². The standard InChI is InChI=1S/C16H25N7O6S/c17-4-13(25)21-11(6-30)15(27)22-9(1-2-12(18)24)14(26)23-10(16(28)29)3-8-5-19-7-20-8/h5,7,9-11,30H,1-4,6,17H2,(H2,18,24)(H,19,20)(H,21,25)(H,22,27)(H,23,26)(H,28,29). The fourth-order valence-corrected chi connectivity index (χ4v) is 2.62. The summed E-state index contributed by atoms with van der Waals surface area (Å²) in [7, 11) is 0. The van der Waals surface area contributed by atoms with Gasteiger partial charge in [0.2, 0.25) is 23.6 Å². The number of nitrogens with zero attached hydrogens (tertiary/aromatic N) is 1. The number of amides is 4. The molecule has 0 aromatic carbocycles. The van der Waals surface area contributed by atoms with Gasteiger partial charge < -0.3 is 37.5 Å². The maximum atomic E-state index is 12.6. The van der Waals surface area contributed by atoms with E-state index in [4.69, 9.17) is 11.5 Å². The van der Waals surface area contributed by atoms with Crippen molar-refractivity contribution in [3.05, 3.63) is 18.2 Å². The zero-order chi connectivity index (χ0) is 22.7. The molecule has 0 saturated heterocycles. The molecular weight excluding hydrogens is 418 g/mol. The van der Waals surface area contributed by atoms with Gasteiger partial charge >= 0.3 is 5.97 Å². The molecule has 0 bridgehead atoms. The Morgan fingerprint density at radius 3 is 2.23 bits per heavy atom. The average molecular weight is 443 g/mol. The number of carbonyl (C=O) groups is 5. The van der Waals surface area contributed by atoms with Crippen LogP contribution in [0, 0.1) is 0 Å². The van der Waals surface area contributed by atoms with Gasteiger partial charge in [-0.15, -0.1) is 0 Å². The normalized spacial score (nSPS) is 13.5. The van der Waals surface area contributed by atoms with Crippen LogP contribution in [0.15, 0.2) is 12.5 Å². The molecule has 1 heterocycles. The SMILES string of the molecule is NCC(=O)NC(CS)C(=O)NC(CCC(N)=O)C(=O)NC(Cc1cnc[nH]1)C(=O)O. The Morgan fingerprint density at radius 2 is 1.73 bits per heavy atom. The maximum Gasteiger partial charge on any atom is 0.326 e. The lowest BCUT2D eigenvalue weighted by atomic mass is 10.1. The van der Waals surface area contributed by atoms with Crippen LogP contribution in [0.25, 0.3) is 0 Å². The summed E-state index contributed by atoms with van der Waals surface area (Å²) in [5.74, 6) is -4.29. The number of carbonyl (C=O) groups excluding carboxylic acids is 4. The van der Waals surface area contributed by atoms with Gasteiger partial charge in [-0.3, -0.25) is 19.2 Å². The molecule has 13 nitrogen and oxygen atoms in total. The molecule has 9 N–H and O–H groups in total. The quantitative estimate of drug-likeness (QED) is 0.143. The average Bonchev–Trinajstić information content (AvgIpc) is 3.20. The molecule has 0 saturated carbocycles. The van der Waals surface area contributed by atoms with E-state index >= 15 is 0 Å². The second-order valence-electron chi connectivity index (χ2n) is 6.25. The van der Waals surface area contributed by atoms with E-state index in [9.17, 15) is 29.1 Å². The summed E-state index contributed by atoms with van der Waals surface area (Å²) in [6, 6.07) is -3.68. The molecule has 0 radical (unpaired) electrons. The first kappa shape index (κ1) is 24.9. The zero-order valence-corrected chi connectivity index (χ0v) is 16.9. The Labute approximate surface area is 177 Å². The van der Waals surface area contributed by atoms with Gasteiger partial charge in [0.15, 0.2) is 0 Å². The van der Waals surface area contributed by atoms with Crippen molar-refractivity contribution in [3.63, 3.8) is 0 Å². The smallest absolute Gasteiger partial charge is 0.326 e. The number of nitrogens with two attached hydrogens (primary N) is 2. The van der Waals surface area contributed by atoms with Crippen molar-refractivity contribution in [2.75, 3.05) is 12.3 Å². The lowest BCUT2D eigenvalue weighted by Gasteiger charge is -2.23. The second kappa shape index (κ2) is 12.4. The number of hydrogen-bond donors (Lipinski definition) is 8. The summed E-state index contributed by atoms with van der Waals surface area (Å²) < 4.78 is 0. The van der Waals surface area contributed by atoms with Gasteiger partial charge in [0.25, 0.3) is 0 Å². The van der Waals surface area contributed by atoms with E-state index in [0.29, 0.717) is 5.69 Å². The molecule has 14 heteroatoms. The van der Waals surface area contributed by atoms with E-state index in [1.807, 2.05) is 0 Å². The van der Waals surface area contributed by atoms with Crippen molar-refractivity contribution in [2.24, 2.45) is 11.5 Å². The van der Waals surface area contributed by atoms with E-state index in [0.717, 1.165) is 0 Å². The van der Waals surface area contributed by atoms with Crippen LogP contribution in [0.2, 0.25) is 0 Å². The van der Waals surface area contributed by atoms with E-state index < -0.39 is 47.7 Å². The van der Waals surface area contributed by atoms with Crippen molar-refractivity contribution in [1.82, 2.24) is 25.9 Å². The third-order valence-corrected chi connectivity index (χ3v) is 4.29. The lowest BCUT2D eigenvalue weighted by molar-refractivity contribution is -0.142. The number of carboxylic acid groups (broad SMARTS) is 1. The van der Waals surface area contributed by atoms with Crippen LogP contribution in [0.4, 0.5) is 0 Å². The highest BCUT2D eigenvalue weighted by molar-refractivity contribution is 7.80. The van der Waals surface area contributed by atoms with Crippen LogP contribution in [0.1, 0.15) is 18.5 Å².